The van der Waals surface area contributed by atoms with E-state index in [1.165, 1.54) is 0 Å². The zero-order valence-corrected chi connectivity index (χ0v) is 22.1. The Morgan fingerprint density at radius 3 is 2.39 bits per heavy atom. The number of ether oxygens (including phenoxy) is 2. The maximum absolute atomic E-state index is 5.95. The number of anilines is 2. The van der Waals surface area contributed by atoms with Gasteiger partial charge in [-0.2, -0.15) is 14.9 Å². The van der Waals surface area contributed by atoms with E-state index in [-0.39, 0.29) is 18.3 Å². The molecule has 9 nitrogen and oxygen atoms in total. The fraction of sp³-hybridized carbons (Fsp3) is 0.483. The Bertz CT molecular complexity index is 1270. The smallest absolute Gasteiger partial charge is 0.229 e. The van der Waals surface area contributed by atoms with Crippen LogP contribution in [0, 0.1) is 0 Å². The Hall–Kier alpha value is -3.27. The number of aromatic nitrogens is 3. The molecule has 2 aliphatic heterocycles. The summed E-state index contributed by atoms with van der Waals surface area (Å²) in [6.45, 7) is 8.65. The maximum Gasteiger partial charge on any atom is 0.229 e. The number of rotatable bonds is 6. The molecule has 0 bridgehead atoms. The zero-order chi connectivity index (χ0) is 25.9. The first-order chi connectivity index (χ1) is 18.6. The lowest BCUT2D eigenvalue weighted by molar-refractivity contribution is -0.245. The van der Waals surface area contributed by atoms with Crippen LogP contribution in [-0.4, -0.2) is 72.7 Å². The Morgan fingerprint density at radius 1 is 0.868 bits per heavy atom. The van der Waals surface area contributed by atoms with E-state index in [9.17, 15) is 0 Å². The summed E-state index contributed by atoms with van der Waals surface area (Å²) in [6, 6.07) is 12.0. The highest BCUT2D eigenvalue weighted by Crippen LogP contribution is 2.30. The first kappa shape index (κ1) is 25.0. The fourth-order valence-electron chi connectivity index (χ4n) is 5.30. The third kappa shape index (κ3) is 5.60. The summed E-state index contributed by atoms with van der Waals surface area (Å²) in [4.78, 5) is 30.7. The lowest BCUT2D eigenvalue weighted by Gasteiger charge is -2.36. The molecule has 3 aromatic rings. The molecular formula is C29H35N5O4. The first-order valence-corrected chi connectivity index (χ1v) is 13.6. The molecule has 9 heteroatoms. The standard InChI is InChI=1S/C29H35N5O4/c1-20-18-34(19-21(2)36-20)29-31-27-25(28(32-29)33-14-16-35-17-15-33)12-13-26(30-27)22-8-10-24(11-9-22)38-37-23-6-4-3-5-7-23/h3-4,8-13,20-21,23H,5-7,14-19H2,1-2H3. The van der Waals surface area contributed by atoms with Gasteiger partial charge in [0, 0.05) is 31.7 Å². The summed E-state index contributed by atoms with van der Waals surface area (Å²) in [6.07, 6.45) is 7.56. The van der Waals surface area contributed by atoms with Crippen LogP contribution < -0.4 is 14.7 Å². The minimum Gasteiger partial charge on any atom is -0.378 e. The SMILES string of the molecule is CC1CN(c2nc(N3CCOCC3)c3ccc(-c4ccc(OOC5CC=CCC5)cc4)nc3n2)CC(C)O1. The Labute approximate surface area is 223 Å². The Kier molecular flexibility index (Phi) is 7.40. The average molecular weight is 518 g/mol. The van der Waals surface area contributed by atoms with Crippen molar-refractivity contribution in [2.45, 2.75) is 51.4 Å². The number of hydrogen-bond acceptors (Lipinski definition) is 9. The van der Waals surface area contributed by atoms with Gasteiger partial charge in [-0.1, -0.05) is 12.2 Å². The van der Waals surface area contributed by atoms with Gasteiger partial charge in [0.05, 0.1) is 36.5 Å². The second-order valence-electron chi connectivity index (χ2n) is 10.3. The van der Waals surface area contributed by atoms with Crippen LogP contribution in [0.25, 0.3) is 22.3 Å². The molecule has 200 valence electrons. The Balaban J connectivity index is 1.29. The number of nitrogens with zero attached hydrogens (tertiary/aromatic N) is 5. The lowest BCUT2D eigenvalue weighted by atomic mass is 10.1. The van der Waals surface area contributed by atoms with Crippen molar-refractivity contribution in [2.75, 3.05) is 49.2 Å². The molecule has 2 saturated heterocycles. The molecule has 0 amide bonds. The zero-order valence-electron chi connectivity index (χ0n) is 22.1. The molecule has 3 aliphatic rings. The topological polar surface area (TPSA) is 82.1 Å². The Morgan fingerprint density at radius 2 is 1.66 bits per heavy atom. The van der Waals surface area contributed by atoms with Crippen molar-refractivity contribution < 1.29 is 19.2 Å². The van der Waals surface area contributed by atoms with E-state index in [4.69, 9.17) is 34.2 Å². The van der Waals surface area contributed by atoms with Gasteiger partial charge in [0.25, 0.3) is 0 Å². The largest absolute Gasteiger partial charge is 0.378 e. The third-order valence-corrected chi connectivity index (χ3v) is 7.19. The van der Waals surface area contributed by atoms with Gasteiger partial charge in [0.1, 0.15) is 11.9 Å². The lowest BCUT2D eigenvalue weighted by Crippen LogP contribution is -2.46. The van der Waals surface area contributed by atoms with Crippen molar-refractivity contribution in [3.8, 4) is 17.0 Å². The van der Waals surface area contributed by atoms with Crippen LogP contribution >= 0.6 is 0 Å². The number of morpholine rings is 2. The van der Waals surface area contributed by atoms with Gasteiger partial charge >= 0.3 is 0 Å². The van der Waals surface area contributed by atoms with Gasteiger partial charge in [-0.25, -0.2) is 4.98 Å². The summed E-state index contributed by atoms with van der Waals surface area (Å²) in [5.41, 5.74) is 2.53. The summed E-state index contributed by atoms with van der Waals surface area (Å²) in [5, 5.41) is 0.948. The van der Waals surface area contributed by atoms with Gasteiger partial charge in [-0.05, 0) is 69.5 Å². The van der Waals surface area contributed by atoms with Gasteiger partial charge < -0.3 is 24.2 Å². The first-order valence-electron chi connectivity index (χ1n) is 13.6. The highest BCUT2D eigenvalue weighted by molar-refractivity contribution is 5.90. The summed E-state index contributed by atoms with van der Waals surface area (Å²) >= 11 is 0. The molecule has 3 unspecified atom stereocenters. The van der Waals surface area contributed by atoms with Crippen molar-refractivity contribution >= 4 is 22.8 Å². The van der Waals surface area contributed by atoms with Crippen LogP contribution in [0.15, 0.2) is 48.6 Å². The van der Waals surface area contributed by atoms with Crippen molar-refractivity contribution in [3.63, 3.8) is 0 Å². The maximum atomic E-state index is 5.95. The van der Waals surface area contributed by atoms with Gasteiger partial charge in [-0.3, -0.25) is 0 Å². The number of hydrogen-bond donors (Lipinski definition) is 0. The van der Waals surface area contributed by atoms with E-state index in [1.54, 1.807) is 0 Å². The number of fused-ring (bicyclic) bond motifs is 1. The minimum atomic E-state index is 0.105. The van der Waals surface area contributed by atoms with Crippen LogP contribution in [0.1, 0.15) is 33.1 Å². The molecular weight excluding hydrogens is 482 g/mol. The molecule has 4 heterocycles. The molecule has 3 atom stereocenters. The van der Waals surface area contributed by atoms with E-state index >= 15 is 0 Å². The second-order valence-corrected chi connectivity index (χ2v) is 10.3. The van der Waals surface area contributed by atoms with Crippen LogP contribution in [0.2, 0.25) is 0 Å². The van der Waals surface area contributed by atoms with Crippen molar-refractivity contribution in [1.29, 1.82) is 0 Å². The molecule has 2 fully saturated rings. The van der Waals surface area contributed by atoms with Crippen molar-refractivity contribution in [3.05, 3.63) is 48.6 Å². The number of benzene rings is 1. The van der Waals surface area contributed by atoms with Gasteiger partial charge in [0.2, 0.25) is 5.95 Å². The minimum absolute atomic E-state index is 0.105. The van der Waals surface area contributed by atoms with Crippen LogP contribution in [0.5, 0.6) is 5.75 Å². The predicted octanol–water partition coefficient (Wildman–Crippen LogP) is 4.56. The molecule has 0 saturated carbocycles. The van der Waals surface area contributed by atoms with Gasteiger partial charge in [-0.15, -0.1) is 0 Å². The highest BCUT2D eigenvalue weighted by Gasteiger charge is 2.26. The molecule has 6 rings (SSSR count). The number of pyridine rings is 1. The third-order valence-electron chi connectivity index (χ3n) is 7.19. The highest BCUT2D eigenvalue weighted by atomic mass is 17.2. The van der Waals surface area contributed by atoms with E-state index in [2.05, 4.69) is 41.9 Å². The molecule has 0 spiro atoms. The fourth-order valence-corrected chi connectivity index (χ4v) is 5.30. The van der Waals surface area contributed by atoms with Crippen LogP contribution in [0.4, 0.5) is 11.8 Å². The average Bonchev–Trinajstić information content (AvgIpc) is 2.96. The van der Waals surface area contributed by atoms with Crippen molar-refractivity contribution in [1.82, 2.24) is 15.0 Å². The van der Waals surface area contributed by atoms with E-state index in [0.717, 1.165) is 67.9 Å². The summed E-state index contributed by atoms with van der Waals surface area (Å²) in [5.74, 6) is 2.29. The van der Waals surface area contributed by atoms with E-state index < -0.39 is 0 Å². The van der Waals surface area contributed by atoms with Crippen LogP contribution in [0.3, 0.4) is 0 Å². The molecule has 1 aliphatic carbocycles. The molecule has 0 radical (unpaired) electrons. The quantitative estimate of drug-likeness (QED) is 0.265. The van der Waals surface area contributed by atoms with E-state index in [0.29, 0.717) is 30.6 Å². The second kappa shape index (κ2) is 11.2. The molecule has 0 N–H and O–H groups in total. The number of allylic oxidation sites excluding steroid dienone is 1. The predicted molar refractivity (Wildman–Crippen MR) is 147 cm³/mol. The summed E-state index contributed by atoms with van der Waals surface area (Å²) in [7, 11) is 0. The van der Waals surface area contributed by atoms with Gasteiger partial charge in [0.15, 0.2) is 11.4 Å². The molecule has 2 aromatic heterocycles. The molecule has 38 heavy (non-hydrogen) atoms. The van der Waals surface area contributed by atoms with Crippen LogP contribution in [-0.2, 0) is 14.4 Å². The summed E-state index contributed by atoms with van der Waals surface area (Å²) < 4.78 is 11.5. The molecule has 1 aromatic carbocycles. The van der Waals surface area contributed by atoms with Crippen molar-refractivity contribution in [2.24, 2.45) is 0 Å². The van der Waals surface area contributed by atoms with E-state index in [1.807, 2.05) is 30.3 Å². The normalized spacial score (nSPS) is 24.1. The monoisotopic (exact) mass is 517 g/mol.